The second kappa shape index (κ2) is 41.3. The smallest absolute Gasteiger partial charge is 0.305 e. The maximum atomic E-state index is 12.0. The lowest BCUT2D eigenvalue weighted by molar-refractivity contribution is -0.152. The summed E-state index contributed by atoms with van der Waals surface area (Å²) in [4.78, 5) is 24.0. The zero-order chi connectivity index (χ0) is 36.4. The Kier molecular flexibility index (Phi) is 39.5. The van der Waals surface area contributed by atoms with Crippen molar-refractivity contribution in [3.8, 4) is 0 Å². The van der Waals surface area contributed by atoms with Crippen molar-refractivity contribution in [1.82, 2.24) is 0 Å². The van der Waals surface area contributed by atoms with Crippen molar-refractivity contribution >= 4 is 11.9 Å². The van der Waals surface area contributed by atoms with Crippen LogP contribution in [-0.4, -0.2) is 36.4 Å². The van der Waals surface area contributed by atoms with Gasteiger partial charge in [-0.25, -0.2) is 0 Å². The molecule has 0 rings (SSSR count). The monoisotopic (exact) mass is 701 g/mol. The molecule has 0 amide bonds. The van der Waals surface area contributed by atoms with Gasteiger partial charge in [-0.05, 0) is 70.6 Å². The molecule has 290 valence electrons. The number of ether oxygens (including phenoxy) is 2. The number of hydrogen-bond donors (Lipinski definition) is 1. The van der Waals surface area contributed by atoms with E-state index in [1.807, 2.05) is 0 Å². The molecule has 0 saturated carbocycles. The van der Waals surface area contributed by atoms with Crippen molar-refractivity contribution in [2.45, 2.75) is 213 Å². The molecule has 0 heterocycles. The standard InChI is InChI=1S/C45H80O5/c1-3-5-7-9-11-13-15-17-19-21-22-24-26-28-30-32-34-36-38-40-45(48)50-42-43(46)41-49-44(47)39-37-35-33-31-29-27-25-23-20-18-16-14-12-10-8-6-4-2/h17-20,25,27,31,33,43,46H,3-16,21-24,26,28-30,32,34-42H2,1-2H3/b19-17-,20-18-,27-25-,33-31-/t43-/m1/s1. The number of aliphatic hydroxyl groups excluding tert-OH is 1. The van der Waals surface area contributed by atoms with Crippen molar-refractivity contribution in [3.63, 3.8) is 0 Å². The van der Waals surface area contributed by atoms with E-state index in [9.17, 15) is 14.7 Å². The molecule has 0 radical (unpaired) electrons. The molecular formula is C45H80O5. The zero-order valence-electron chi connectivity index (χ0n) is 32.9. The Hall–Kier alpha value is -2.14. The third kappa shape index (κ3) is 40.3. The van der Waals surface area contributed by atoms with Gasteiger partial charge in [0.05, 0.1) is 0 Å². The maximum absolute atomic E-state index is 12.0. The van der Waals surface area contributed by atoms with Gasteiger partial charge in [0.1, 0.15) is 19.3 Å². The number of esters is 2. The van der Waals surface area contributed by atoms with Crippen molar-refractivity contribution in [3.05, 3.63) is 48.6 Å². The highest BCUT2D eigenvalue weighted by molar-refractivity contribution is 5.69. The van der Waals surface area contributed by atoms with Gasteiger partial charge >= 0.3 is 11.9 Å². The van der Waals surface area contributed by atoms with E-state index in [1.54, 1.807) is 0 Å². The molecule has 5 nitrogen and oxygen atoms in total. The van der Waals surface area contributed by atoms with E-state index in [4.69, 9.17) is 9.47 Å². The minimum absolute atomic E-state index is 0.133. The highest BCUT2D eigenvalue weighted by Crippen LogP contribution is 2.13. The van der Waals surface area contributed by atoms with E-state index in [0.717, 1.165) is 38.5 Å². The second-order valence-corrected chi connectivity index (χ2v) is 14.1. The summed E-state index contributed by atoms with van der Waals surface area (Å²) >= 11 is 0. The quantitative estimate of drug-likeness (QED) is 0.0394. The normalized spacial score (nSPS) is 12.6. The summed E-state index contributed by atoms with van der Waals surface area (Å²) in [7, 11) is 0. The molecule has 1 atom stereocenters. The van der Waals surface area contributed by atoms with E-state index in [-0.39, 0.29) is 25.2 Å². The highest BCUT2D eigenvalue weighted by Gasteiger charge is 2.12. The Balaban J connectivity index is 3.50. The predicted octanol–water partition coefficient (Wildman–Crippen LogP) is 13.4. The molecule has 0 spiro atoms. The van der Waals surface area contributed by atoms with Gasteiger partial charge in [-0.15, -0.1) is 0 Å². The van der Waals surface area contributed by atoms with Crippen LogP contribution >= 0.6 is 0 Å². The van der Waals surface area contributed by atoms with Gasteiger partial charge in [-0.1, -0.05) is 172 Å². The highest BCUT2D eigenvalue weighted by atomic mass is 16.6. The lowest BCUT2D eigenvalue weighted by Gasteiger charge is -2.12. The maximum Gasteiger partial charge on any atom is 0.305 e. The molecular weight excluding hydrogens is 620 g/mol. The number of hydrogen-bond acceptors (Lipinski definition) is 5. The van der Waals surface area contributed by atoms with Gasteiger partial charge < -0.3 is 14.6 Å². The third-order valence-electron chi connectivity index (χ3n) is 9.04. The fraction of sp³-hybridized carbons (Fsp3) is 0.778. The van der Waals surface area contributed by atoms with E-state index in [1.165, 1.54) is 135 Å². The molecule has 0 aliphatic rings. The minimum Gasteiger partial charge on any atom is -0.463 e. The second-order valence-electron chi connectivity index (χ2n) is 14.1. The van der Waals surface area contributed by atoms with Crippen LogP contribution in [0.15, 0.2) is 48.6 Å². The summed E-state index contributed by atoms with van der Waals surface area (Å²) in [6, 6.07) is 0. The average molecular weight is 701 g/mol. The minimum atomic E-state index is -0.985. The Morgan fingerprint density at radius 1 is 0.420 bits per heavy atom. The van der Waals surface area contributed by atoms with Gasteiger partial charge in [0.2, 0.25) is 0 Å². The van der Waals surface area contributed by atoms with Crippen molar-refractivity contribution in [1.29, 1.82) is 0 Å². The van der Waals surface area contributed by atoms with E-state index in [2.05, 4.69) is 62.5 Å². The average Bonchev–Trinajstić information content (AvgIpc) is 3.12. The van der Waals surface area contributed by atoms with Crippen LogP contribution < -0.4 is 0 Å². The molecule has 0 aliphatic heterocycles. The first-order valence-corrected chi connectivity index (χ1v) is 21.2. The summed E-state index contributed by atoms with van der Waals surface area (Å²) in [5.74, 6) is -0.624. The largest absolute Gasteiger partial charge is 0.463 e. The number of unbranched alkanes of at least 4 members (excludes halogenated alkanes) is 22. The lowest BCUT2D eigenvalue weighted by atomic mass is 10.1. The molecule has 0 fully saturated rings. The molecule has 5 heteroatoms. The summed E-state index contributed by atoms with van der Waals surface area (Å²) < 4.78 is 10.3. The number of rotatable bonds is 38. The molecule has 0 saturated heterocycles. The van der Waals surface area contributed by atoms with Crippen LogP contribution in [0.5, 0.6) is 0 Å². The van der Waals surface area contributed by atoms with Gasteiger partial charge in [0, 0.05) is 12.8 Å². The summed E-state index contributed by atoms with van der Waals surface area (Å²) in [6.07, 6.45) is 51.8. The fourth-order valence-corrected chi connectivity index (χ4v) is 5.80. The summed E-state index contributed by atoms with van der Waals surface area (Å²) in [5.41, 5.74) is 0. The van der Waals surface area contributed by atoms with Gasteiger partial charge in [0.15, 0.2) is 0 Å². The Morgan fingerprint density at radius 3 is 1.14 bits per heavy atom. The Labute approximate surface area is 309 Å². The van der Waals surface area contributed by atoms with E-state index >= 15 is 0 Å². The van der Waals surface area contributed by atoms with Gasteiger partial charge in [-0.2, -0.15) is 0 Å². The van der Waals surface area contributed by atoms with Crippen LogP contribution in [0, 0.1) is 0 Å². The number of carbonyl (C=O) groups is 2. The number of carbonyl (C=O) groups excluding carboxylic acids is 2. The van der Waals surface area contributed by atoms with Crippen LogP contribution in [0.1, 0.15) is 206 Å². The Morgan fingerprint density at radius 2 is 0.720 bits per heavy atom. The topological polar surface area (TPSA) is 72.8 Å². The Bertz CT molecular complexity index is 842. The first-order chi connectivity index (χ1) is 24.6. The van der Waals surface area contributed by atoms with Gasteiger partial charge in [0.25, 0.3) is 0 Å². The molecule has 1 N–H and O–H groups in total. The first-order valence-electron chi connectivity index (χ1n) is 21.2. The van der Waals surface area contributed by atoms with Crippen LogP contribution in [-0.2, 0) is 19.1 Å². The molecule has 50 heavy (non-hydrogen) atoms. The van der Waals surface area contributed by atoms with Crippen LogP contribution in [0.4, 0.5) is 0 Å². The van der Waals surface area contributed by atoms with E-state index < -0.39 is 6.10 Å². The van der Waals surface area contributed by atoms with Crippen molar-refractivity contribution < 1.29 is 24.2 Å². The molecule has 0 unspecified atom stereocenters. The molecule has 0 aromatic carbocycles. The fourth-order valence-electron chi connectivity index (χ4n) is 5.80. The molecule has 0 aromatic rings. The molecule has 0 bridgehead atoms. The van der Waals surface area contributed by atoms with Crippen molar-refractivity contribution in [2.75, 3.05) is 13.2 Å². The zero-order valence-corrected chi connectivity index (χ0v) is 32.9. The lowest BCUT2D eigenvalue weighted by Crippen LogP contribution is -2.25. The van der Waals surface area contributed by atoms with Crippen LogP contribution in [0.3, 0.4) is 0 Å². The third-order valence-corrected chi connectivity index (χ3v) is 9.04. The molecule has 0 aromatic heterocycles. The SMILES string of the molecule is CCCCCCCC/C=C\C/C=C\C/C=C\CCCC(=O)OC[C@@H](O)COC(=O)CCCCCCCCCCC/C=C\CCCCCCCC. The molecule has 0 aliphatic carbocycles. The summed E-state index contributed by atoms with van der Waals surface area (Å²) in [5, 5.41) is 10.0. The van der Waals surface area contributed by atoms with Crippen LogP contribution in [0.25, 0.3) is 0 Å². The number of aliphatic hydroxyl groups is 1. The predicted molar refractivity (Wildman–Crippen MR) is 214 cm³/mol. The first kappa shape index (κ1) is 47.9. The number of allylic oxidation sites excluding steroid dienone is 8. The van der Waals surface area contributed by atoms with Gasteiger partial charge in [-0.3, -0.25) is 9.59 Å². The van der Waals surface area contributed by atoms with E-state index in [0.29, 0.717) is 19.3 Å². The van der Waals surface area contributed by atoms with Crippen molar-refractivity contribution in [2.24, 2.45) is 0 Å². The summed E-state index contributed by atoms with van der Waals surface area (Å²) in [6.45, 7) is 4.25. The van der Waals surface area contributed by atoms with Crippen LogP contribution in [0.2, 0.25) is 0 Å².